The highest BCUT2D eigenvalue weighted by molar-refractivity contribution is 5.97. The van der Waals surface area contributed by atoms with Gasteiger partial charge in [-0.25, -0.2) is 4.79 Å². The Morgan fingerprint density at radius 1 is 1.25 bits per heavy atom. The number of hydrogen-bond acceptors (Lipinski definition) is 5. The third-order valence-corrected chi connectivity index (χ3v) is 4.50. The molecule has 0 saturated heterocycles. The second-order valence-electron chi connectivity index (χ2n) is 6.78. The highest BCUT2D eigenvalue weighted by Crippen LogP contribution is 2.28. The van der Waals surface area contributed by atoms with Crippen molar-refractivity contribution in [3.63, 3.8) is 0 Å². The second kappa shape index (κ2) is 7.71. The molecule has 130 valence electrons. The predicted molar refractivity (Wildman–Crippen MR) is 89.1 cm³/mol. The summed E-state index contributed by atoms with van der Waals surface area (Å²) >= 11 is 0. The van der Waals surface area contributed by atoms with Crippen molar-refractivity contribution in [1.82, 2.24) is 0 Å². The Labute approximate surface area is 142 Å². The average Bonchev–Trinajstić information content (AvgIpc) is 2.81. The van der Waals surface area contributed by atoms with E-state index in [2.05, 4.69) is 6.58 Å². The molecule has 3 atom stereocenters. The number of aliphatic hydroxyl groups is 1. The molecule has 1 heterocycles. The van der Waals surface area contributed by atoms with Crippen molar-refractivity contribution < 1.29 is 24.2 Å². The average molecular weight is 332 g/mol. The van der Waals surface area contributed by atoms with Gasteiger partial charge in [0.25, 0.3) is 0 Å². The van der Waals surface area contributed by atoms with E-state index < -0.39 is 11.9 Å². The van der Waals surface area contributed by atoms with Crippen molar-refractivity contribution in [2.24, 2.45) is 5.92 Å². The molecule has 0 saturated carbocycles. The first-order chi connectivity index (χ1) is 11.3. The molecule has 2 aliphatic rings. The van der Waals surface area contributed by atoms with Crippen LogP contribution in [0.2, 0.25) is 0 Å². The second-order valence-corrected chi connectivity index (χ2v) is 6.78. The maximum Gasteiger partial charge on any atom is 0.334 e. The van der Waals surface area contributed by atoms with E-state index in [0.717, 1.165) is 5.57 Å². The van der Waals surface area contributed by atoms with E-state index in [-0.39, 0.29) is 36.6 Å². The summed E-state index contributed by atoms with van der Waals surface area (Å²) in [6, 6.07) is 0. The lowest BCUT2D eigenvalue weighted by Gasteiger charge is -2.17. The van der Waals surface area contributed by atoms with Crippen molar-refractivity contribution >= 4 is 17.5 Å². The van der Waals surface area contributed by atoms with Gasteiger partial charge in [-0.1, -0.05) is 17.7 Å². The van der Waals surface area contributed by atoms with Gasteiger partial charge in [0.05, 0.1) is 0 Å². The van der Waals surface area contributed by atoms with Gasteiger partial charge in [-0.05, 0) is 44.8 Å². The number of allylic oxidation sites excluding steroid dienone is 1. The number of ether oxygens (including phenoxy) is 1. The minimum atomic E-state index is -1.32. The monoisotopic (exact) mass is 332 g/mol. The lowest BCUT2D eigenvalue weighted by Crippen LogP contribution is -2.24. The van der Waals surface area contributed by atoms with Crippen LogP contribution < -0.4 is 0 Å². The lowest BCUT2D eigenvalue weighted by molar-refractivity contribution is -0.139. The van der Waals surface area contributed by atoms with Gasteiger partial charge in [-0.2, -0.15) is 0 Å². The van der Waals surface area contributed by atoms with Crippen LogP contribution in [-0.2, 0) is 19.1 Å². The molecule has 0 unspecified atom stereocenters. The van der Waals surface area contributed by atoms with E-state index in [4.69, 9.17) is 4.74 Å². The van der Waals surface area contributed by atoms with E-state index in [1.807, 2.05) is 6.92 Å². The lowest BCUT2D eigenvalue weighted by atomic mass is 9.87. The summed E-state index contributed by atoms with van der Waals surface area (Å²) in [6.07, 6.45) is 3.02. The van der Waals surface area contributed by atoms with Crippen LogP contribution in [0, 0.1) is 5.92 Å². The molecule has 0 radical (unpaired) electrons. The number of carbonyl (C=O) groups is 3. The molecule has 0 aromatic carbocycles. The third kappa shape index (κ3) is 4.74. The molecule has 1 N–H and O–H groups in total. The molecule has 0 fully saturated rings. The number of aliphatic hydroxyl groups excluding tert-OH is 1. The van der Waals surface area contributed by atoms with E-state index in [9.17, 15) is 19.5 Å². The first-order valence-electron chi connectivity index (χ1n) is 8.24. The molecule has 0 spiro atoms. The maximum atomic E-state index is 12.1. The highest BCUT2D eigenvalue weighted by Gasteiger charge is 2.28. The molecule has 2 bridgehead atoms. The van der Waals surface area contributed by atoms with Crippen molar-refractivity contribution in [2.75, 3.05) is 0 Å². The summed E-state index contributed by atoms with van der Waals surface area (Å²) in [6.45, 7) is 7.50. The Kier molecular flexibility index (Phi) is 5.89. The van der Waals surface area contributed by atoms with Crippen LogP contribution in [0.4, 0.5) is 0 Å². The van der Waals surface area contributed by atoms with Gasteiger partial charge in [0, 0.05) is 24.8 Å². The number of carbonyl (C=O) groups excluding carboxylic acids is 3. The molecule has 0 aromatic heterocycles. The van der Waals surface area contributed by atoms with Crippen molar-refractivity contribution in [2.45, 2.75) is 58.2 Å². The van der Waals surface area contributed by atoms with E-state index in [1.54, 1.807) is 13.0 Å². The quantitative estimate of drug-likeness (QED) is 0.589. The topological polar surface area (TPSA) is 80.7 Å². The van der Waals surface area contributed by atoms with Crippen LogP contribution in [0.25, 0.3) is 0 Å². The Hall–Kier alpha value is -2.01. The zero-order valence-electron chi connectivity index (χ0n) is 14.2. The number of esters is 1. The Morgan fingerprint density at radius 2 is 1.96 bits per heavy atom. The first kappa shape index (κ1) is 18.3. The van der Waals surface area contributed by atoms with Gasteiger partial charge in [0.15, 0.2) is 5.78 Å². The van der Waals surface area contributed by atoms with Crippen LogP contribution in [0.5, 0.6) is 0 Å². The predicted octanol–water partition coefficient (Wildman–Crippen LogP) is 2.44. The van der Waals surface area contributed by atoms with E-state index in [1.165, 1.54) is 6.08 Å². The standard InChI is InChI=1S/C19H24O5/c1-11(2)13-4-5-14-9-16(24-19(14)23)6-12(3)7-17(21)18(22)10-15(20)8-13/h7,9,13,16,18,22H,1,4-6,8,10H2,2-3H3/b12-7+/t13-,16+,18+/m0/s1. The van der Waals surface area contributed by atoms with Gasteiger partial charge in [-0.15, -0.1) is 0 Å². The summed E-state index contributed by atoms with van der Waals surface area (Å²) in [5.74, 6) is -1.07. The zero-order chi connectivity index (χ0) is 17.9. The fourth-order valence-corrected chi connectivity index (χ4v) is 3.07. The number of hydrogen-bond donors (Lipinski definition) is 1. The van der Waals surface area contributed by atoms with Crippen molar-refractivity contribution in [1.29, 1.82) is 0 Å². The Morgan fingerprint density at radius 3 is 2.62 bits per heavy atom. The fourth-order valence-electron chi connectivity index (χ4n) is 3.07. The van der Waals surface area contributed by atoms with Crippen LogP contribution >= 0.6 is 0 Å². The summed E-state index contributed by atoms with van der Waals surface area (Å²) in [7, 11) is 0. The van der Waals surface area contributed by atoms with Gasteiger partial charge in [0.1, 0.15) is 18.0 Å². The molecule has 0 aromatic rings. The van der Waals surface area contributed by atoms with E-state index >= 15 is 0 Å². The van der Waals surface area contributed by atoms with Crippen LogP contribution in [0.3, 0.4) is 0 Å². The molecule has 5 nitrogen and oxygen atoms in total. The fraction of sp³-hybridized carbons (Fsp3) is 0.526. The summed E-state index contributed by atoms with van der Waals surface area (Å²) < 4.78 is 5.31. The molecule has 24 heavy (non-hydrogen) atoms. The molecule has 1 aliphatic heterocycles. The Bertz CT molecular complexity index is 626. The molecular formula is C19H24O5. The molecule has 2 rings (SSSR count). The number of rotatable bonds is 1. The Balaban J connectivity index is 2.25. The maximum absolute atomic E-state index is 12.1. The van der Waals surface area contributed by atoms with Crippen molar-refractivity contribution in [3.8, 4) is 0 Å². The van der Waals surface area contributed by atoms with Crippen LogP contribution in [0.1, 0.15) is 46.0 Å². The minimum Gasteiger partial charge on any atom is -0.454 e. The van der Waals surface area contributed by atoms with Gasteiger partial charge in [-0.3, -0.25) is 9.59 Å². The van der Waals surface area contributed by atoms with E-state index in [0.29, 0.717) is 30.4 Å². The summed E-state index contributed by atoms with van der Waals surface area (Å²) in [5.41, 5.74) is 2.18. The highest BCUT2D eigenvalue weighted by atomic mass is 16.5. The zero-order valence-corrected chi connectivity index (χ0v) is 14.2. The minimum absolute atomic E-state index is 0.0761. The normalized spacial score (nSPS) is 31.6. The SMILES string of the molecule is C=C(C)[C@H]1CCC2=C[C@@H](C/C(C)=C/C(=O)[C@H](O)CC(=O)C1)OC2=O. The molecule has 1 aliphatic carbocycles. The summed E-state index contributed by atoms with van der Waals surface area (Å²) in [5, 5.41) is 9.94. The van der Waals surface area contributed by atoms with Crippen LogP contribution in [0.15, 0.2) is 35.5 Å². The summed E-state index contributed by atoms with van der Waals surface area (Å²) in [4.78, 5) is 36.1. The molecular weight excluding hydrogens is 308 g/mol. The largest absolute Gasteiger partial charge is 0.454 e. The molecule has 0 amide bonds. The van der Waals surface area contributed by atoms with Gasteiger partial charge in [0.2, 0.25) is 0 Å². The molecule has 5 heteroatoms. The number of Topliss-reactive ketones (excluding diaryl/α,β-unsaturated/α-hetero) is 1. The number of fused-ring (bicyclic) bond motifs is 1. The third-order valence-electron chi connectivity index (χ3n) is 4.50. The number of ketones is 2. The van der Waals surface area contributed by atoms with Gasteiger partial charge >= 0.3 is 5.97 Å². The smallest absolute Gasteiger partial charge is 0.334 e. The van der Waals surface area contributed by atoms with Crippen molar-refractivity contribution in [3.05, 3.63) is 35.5 Å². The van der Waals surface area contributed by atoms with Gasteiger partial charge < -0.3 is 9.84 Å². The first-order valence-corrected chi connectivity index (χ1v) is 8.24. The van der Waals surface area contributed by atoms with Crippen LogP contribution in [-0.4, -0.2) is 34.9 Å².